The second-order valence-corrected chi connectivity index (χ2v) is 4.71. The molecule has 8 heteroatoms. The summed E-state index contributed by atoms with van der Waals surface area (Å²) in [4.78, 5) is 33.3. The van der Waals surface area contributed by atoms with Crippen molar-refractivity contribution in [3.8, 4) is 0 Å². The van der Waals surface area contributed by atoms with Crippen LogP contribution in [0.3, 0.4) is 0 Å². The van der Waals surface area contributed by atoms with Crippen LogP contribution < -0.4 is 16.1 Å². The van der Waals surface area contributed by atoms with E-state index in [4.69, 9.17) is 0 Å². The molecule has 0 saturated carbocycles. The lowest BCUT2D eigenvalue weighted by Gasteiger charge is -2.21. The molecule has 0 bridgehead atoms. The van der Waals surface area contributed by atoms with Crippen molar-refractivity contribution in [1.82, 2.24) is 10.7 Å². The Balaban J connectivity index is 2.00. The topological polar surface area (TPSA) is 109 Å². The predicted molar refractivity (Wildman–Crippen MR) is 79.4 cm³/mol. The highest BCUT2D eigenvalue weighted by Gasteiger charge is 2.20. The summed E-state index contributed by atoms with van der Waals surface area (Å²) in [7, 11) is 0. The normalized spacial score (nSPS) is 16.9. The summed E-state index contributed by atoms with van der Waals surface area (Å²) in [5, 5.41) is 9.32. The smallest absolute Gasteiger partial charge is 0.335 e. The van der Waals surface area contributed by atoms with Gasteiger partial charge < -0.3 is 15.4 Å². The summed E-state index contributed by atoms with van der Waals surface area (Å²) in [5.41, 5.74) is 4.44. The van der Waals surface area contributed by atoms with Gasteiger partial charge in [-0.1, -0.05) is 12.1 Å². The van der Waals surface area contributed by atoms with Gasteiger partial charge in [0.25, 0.3) is 5.91 Å². The van der Waals surface area contributed by atoms with E-state index in [1.54, 1.807) is 24.3 Å². The number of amides is 3. The van der Waals surface area contributed by atoms with Gasteiger partial charge >= 0.3 is 12.0 Å². The maximum Gasteiger partial charge on any atom is 0.335 e. The molecule has 0 saturated heterocycles. The molecular weight excluding hydrogens is 288 g/mol. The third kappa shape index (κ3) is 4.05. The van der Waals surface area contributed by atoms with E-state index in [0.29, 0.717) is 11.4 Å². The van der Waals surface area contributed by atoms with Crippen LogP contribution in [0.1, 0.15) is 19.4 Å². The first-order valence-electron chi connectivity index (χ1n) is 6.63. The van der Waals surface area contributed by atoms with Gasteiger partial charge in [0.2, 0.25) is 0 Å². The molecule has 1 aromatic carbocycles. The van der Waals surface area contributed by atoms with Crippen molar-refractivity contribution in [3.63, 3.8) is 0 Å². The number of esters is 1. The molecule has 0 aromatic heterocycles. The van der Waals surface area contributed by atoms with E-state index in [0.717, 1.165) is 5.56 Å². The van der Waals surface area contributed by atoms with Gasteiger partial charge in [-0.05, 0) is 19.1 Å². The highest BCUT2D eigenvalue weighted by atomic mass is 16.5. The zero-order valence-electron chi connectivity index (χ0n) is 12.2. The summed E-state index contributed by atoms with van der Waals surface area (Å²) < 4.78 is 4.60. The molecule has 1 aliphatic heterocycles. The SMILES string of the molecule is CC(=O)OCC(=O)Nc1ccc(C2=NNC(=O)NC2C)cc1. The number of benzene rings is 1. The molecule has 1 aromatic rings. The number of ether oxygens (including phenoxy) is 1. The number of carbonyl (C=O) groups excluding carboxylic acids is 3. The van der Waals surface area contributed by atoms with Crippen LogP contribution in [-0.2, 0) is 14.3 Å². The van der Waals surface area contributed by atoms with E-state index in [2.05, 4.69) is 25.9 Å². The fraction of sp³-hybridized carbons (Fsp3) is 0.286. The van der Waals surface area contributed by atoms with Gasteiger partial charge in [-0.15, -0.1) is 0 Å². The molecular formula is C14H16N4O4. The van der Waals surface area contributed by atoms with Crippen molar-refractivity contribution in [2.75, 3.05) is 11.9 Å². The first-order valence-corrected chi connectivity index (χ1v) is 6.63. The Morgan fingerprint density at radius 2 is 2.00 bits per heavy atom. The van der Waals surface area contributed by atoms with Crippen LogP contribution in [0.4, 0.5) is 10.5 Å². The van der Waals surface area contributed by atoms with Gasteiger partial charge in [-0.25, -0.2) is 10.2 Å². The lowest BCUT2D eigenvalue weighted by atomic mass is 10.0. The van der Waals surface area contributed by atoms with Crippen molar-refractivity contribution in [3.05, 3.63) is 29.8 Å². The van der Waals surface area contributed by atoms with Crippen LogP contribution in [-0.4, -0.2) is 36.3 Å². The van der Waals surface area contributed by atoms with Crippen LogP contribution in [0.2, 0.25) is 0 Å². The Labute approximate surface area is 126 Å². The molecule has 1 unspecified atom stereocenters. The van der Waals surface area contributed by atoms with E-state index in [1.165, 1.54) is 6.92 Å². The molecule has 0 spiro atoms. The number of nitrogens with zero attached hydrogens (tertiary/aromatic N) is 1. The summed E-state index contributed by atoms with van der Waals surface area (Å²) in [6.07, 6.45) is 0. The third-order valence-corrected chi connectivity index (χ3v) is 2.91. The summed E-state index contributed by atoms with van der Waals surface area (Å²) in [6, 6.07) is 6.40. The monoisotopic (exact) mass is 304 g/mol. The summed E-state index contributed by atoms with van der Waals surface area (Å²) >= 11 is 0. The molecule has 0 fully saturated rings. The molecule has 3 N–H and O–H groups in total. The average Bonchev–Trinajstić information content (AvgIpc) is 2.46. The van der Waals surface area contributed by atoms with Gasteiger partial charge in [0.15, 0.2) is 6.61 Å². The highest BCUT2D eigenvalue weighted by molar-refractivity contribution is 6.07. The van der Waals surface area contributed by atoms with Crippen LogP contribution >= 0.6 is 0 Å². The van der Waals surface area contributed by atoms with Crippen LogP contribution in [0, 0.1) is 0 Å². The van der Waals surface area contributed by atoms with Gasteiger partial charge in [-0.2, -0.15) is 5.10 Å². The predicted octanol–water partition coefficient (Wildman–Crippen LogP) is 0.594. The molecule has 0 radical (unpaired) electrons. The van der Waals surface area contributed by atoms with E-state index in [-0.39, 0.29) is 18.7 Å². The first-order chi connectivity index (χ1) is 10.5. The number of hydrogen-bond acceptors (Lipinski definition) is 5. The molecule has 1 atom stereocenters. The molecule has 116 valence electrons. The van der Waals surface area contributed by atoms with Gasteiger partial charge in [0.05, 0.1) is 11.8 Å². The fourth-order valence-electron chi connectivity index (χ4n) is 1.91. The second kappa shape index (κ2) is 6.70. The molecule has 8 nitrogen and oxygen atoms in total. The maximum atomic E-state index is 11.5. The van der Waals surface area contributed by atoms with Crippen LogP contribution in [0.25, 0.3) is 0 Å². The Morgan fingerprint density at radius 3 is 2.59 bits per heavy atom. The third-order valence-electron chi connectivity index (χ3n) is 2.91. The lowest BCUT2D eigenvalue weighted by Crippen LogP contribution is -2.48. The zero-order chi connectivity index (χ0) is 16.1. The van der Waals surface area contributed by atoms with E-state index in [1.807, 2.05) is 6.92 Å². The molecule has 0 aliphatic carbocycles. The van der Waals surface area contributed by atoms with Crippen molar-refractivity contribution < 1.29 is 19.1 Å². The average molecular weight is 304 g/mol. The Bertz CT molecular complexity index is 624. The zero-order valence-corrected chi connectivity index (χ0v) is 12.2. The quantitative estimate of drug-likeness (QED) is 0.707. The van der Waals surface area contributed by atoms with E-state index >= 15 is 0 Å². The number of anilines is 1. The summed E-state index contributed by atoms with van der Waals surface area (Å²) in [6.45, 7) is 2.74. The number of hydrogen-bond donors (Lipinski definition) is 3. The van der Waals surface area contributed by atoms with Crippen molar-refractivity contribution in [2.24, 2.45) is 5.10 Å². The van der Waals surface area contributed by atoms with Crippen molar-refractivity contribution >= 4 is 29.3 Å². The number of carbonyl (C=O) groups is 3. The Morgan fingerprint density at radius 1 is 1.32 bits per heavy atom. The van der Waals surface area contributed by atoms with Gasteiger partial charge in [-0.3, -0.25) is 9.59 Å². The van der Waals surface area contributed by atoms with Gasteiger partial charge in [0.1, 0.15) is 0 Å². The molecule has 2 rings (SSSR count). The fourth-order valence-corrected chi connectivity index (χ4v) is 1.91. The molecule has 3 amide bonds. The largest absolute Gasteiger partial charge is 0.456 e. The van der Waals surface area contributed by atoms with Crippen LogP contribution in [0.5, 0.6) is 0 Å². The minimum Gasteiger partial charge on any atom is -0.456 e. The van der Waals surface area contributed by atoms with Crippen molar-refractivity contribution in [2.45, 2.75) is 19.9 Å². The van der Waals surface area contributed by atoms with Crippen molar-refractivity contribution in [1.29, 1.82) is 0 Å². The standard InChI is InChI=1S/C14H16N4O4/c1-8-13(17-18-14(21)15-8)10-3-5-11(6-4-10)16-12(20)7-22-9(2)19/h3-6,8H,7H2,1-2H3,(H,16,20)(H2,15,18,21). The first kappa shape index (κ1) is 15.5. The summed E-state index contributed by atoms with van der Waals surface area (Å²) in [5.74, 6) is -0.926. The Hall–Kier alpha value is -2.90. The minimum atomic E-state index is -0.510. The van der Waals surface area contributed by atoms with E-state index < -0.39 is 11.9 Å². The second-order valence-electron chi connectivity index (χ2n) is 4.71. The number of hydrazone groups is 1. The number of rotatable bonds is 4. The number of nitrogens with one attached hydrogen (secondary N) is 3. The highest BCUT2D eigenvalue weighted by Crippen LogP contribution is 2.13. The number of urea groups is 1. The molecule has 1 heterocycles. The molecule has 1 aliphatic rings. The maximum absolute atomic E-state index is 11.5. The minimum absolute atomic E-state index is 0.210. The molecule has 22 heavy (non-hydrogen) atoms. The van der Waals surface area contributed by atoms with Crippen LogP contribution in [0.15, 0.2) is 29.4 Å². The lowest BCUT2D eigenvalue weighted by molar-refractivity contribution is -0.144. The Kier molecular flexibility index (Phi) is 4.72. The van der Waals surface area contributed by atoms with Gasteiger partial charge in [0, 0.05) is 18.2 Å². The van der Waals surface area contributed by atoms with E-state index in [9.17, 15) is 14.4 Å².